The van der Waals surface area contributed by atoms with Crippen LogP contribution in [0.3, 0.4) is 0 Å². The standard InChI is InChI=1S/C16H32N2.2ClH/c1-2-3-8-13-18(14-9-4-5-10-14)16-12-7-6-11-15(16)17;;/h14-16H,2-13,17H2,1H3;2*1H/t15-,16-;;/m0../s1. The minimum atomic E-state index is 0. The number of hydrogen-bond donors (Lipinski definition) is 1. The lowest BCUT2D eigenvalue weighted by atomic mass is 9.88. The maximum absolute atomic E-state index is 6.41. The maximum atomic E-state index is 6.41. The second kappa shape index (κ2) is 11.1. The van der Waals surface area contributed by atoms with E-state index in [4.69, 9.17) is 5.73 Å². The lowest BCUT2D eigenvalue weighted by molar-refractivity contribution is 0.0894. The monoisotopic (exact) mass is 324 g/mol. The number of hydrogen-bond acceptors (Lipinski definition) is 2. The van der Waals surface area contributed by atoms with E-state index in [1.807, 2.05) is 0 Å². The van der Waals surface area contributed by atoms with Gasteiger partial charge in [0.1, 0.15) is 0 Å². The van der Waals surface area contributed by atoms with E-state index in [9.17, 15) is 0 Å². The van der Waals surface area contributed by atoms with Crippen LogP contribution in [0.5, 0.6) is 0 Å². The largest absolute Gasteiger partial charge is 0.326 e. The van der Waals surface area contributed by atoms with Gasteiger partial charge < -0.3 is 5.73 Å². The summed E-state index contributed by atoms with van der Waals surface area (Å²) in [6.45, 7) is 3.60. The van der Waals surface area contributed by atoms with Gasteiger partial charge in [0, 0.05) is 18.1 Å². The van der Waals surface area contributed by atoms with E-state index in [-0.39, 0.29) is 24.8 Å². The molecule has 2 atom stereocenters. The van der Waals surface area contributed by atoms with E-state index < -0.39 is 0 Å². The molecule has 0 radical (unpaired) electrons. The van der Waals surface area contributed by atoms with Crippen LogP contribution in [0.4, 0.5) is 0 Å². The Morgan fingerprint density at radius 2 is 1.50 bits per heavy atom. The highest BCUT2D eigenvalue weighted by molar-refractivity contribution is 5.85. The second-order valence-electron chi connectivity index (χ2n) is 6.40. The molecule has 0 spiro atoms. The molecule has 2 aliphatic carbocycles. The van der Waals surface area contributed by atoms with Crippen molar-refractivity contribution in [2.75, 3.05) is 6.54 Å². The first-order valence-electron chi connectivity index (χ1n) is 8.34. The number of nitrogens with two attached hydrogens (primary N) is 1. The molecule has 2 fully saturated rings. The molecule has 0 saturated heterocycles. The summed E-state index contributed by atoms with van der Waals surface area (Å²) in [6, 6.07) is 2.00. The number of nitrogens with zero attached hydrogens (tertiary/aromatic N) is 1. The molecule has 122 valence electrons. The molecular weight excluding hydrogens is 291 g/mol. The minimum Gasteiger partial charge on any atom is -0.326 e. The Morgan fingerprint density at radius 1 is 0.900 bits per heavy atom. The zero-order valence-corrected chi connectivity index (χ0v) is 14.7. The van der Waals surface area contributed by atoms with Crippen molar-refractivity contribution in [1.82, 2.24) is 4.90 Å². The normalized spacial score (nSPS) is 27.1. The minimum absolute atomic E-state index is 0. The lowest BCUT2D eigenvalue weighted by Gasteiger charge is -2.42. The molecule has 0 aliphatic heterocycles. The highest BCUT2D eigenvalue weighted by Crippen LogP contribution is 2.30. The van der Waals surface area contributed by atoms with Crippen molar-refractivity contribution in [2.45, 2.75) is 95.7 Å². The molecule has 2 N–H and O–H groups in total. The van der Waals surface area contributed by atoms with Crippen molar-refractivity contribution in [3.63, 3.8) is 0 Å². The molecule has 2 nitrogen and oxygen atoms in total. The Hall–Kier alpha value is 0.500. The molecule has 0 aromatic carbocycles. The first kappa shape index (κ1) is 20.5. The van der Waals surface area contributed by atoms with Gasteiger partial charge in [-0.3, -0.25) is 4.90 Å². The van der Waals surface area contributed by atoms with Gasteiger partial charge in [-0.15, -0.1) is 24.8 Å². The molecular formula is C16H34Cl2N2. The van der Waals surface area contributed by atoms with Crippen LogP contribution in [-0.2, 0) is 0 Å². The maximum Gasteiger partial charge on any atom is 0.0250 e. The quantitative estimate of drug-likeness (QED) is 0.727. The van der Waals surface area contributed by atoms with Gasteiger partial charge in [0.05, 0.1) is 0 Å². The summed E-state index contributed by atoms with van der Waals surface area (Å²) in [5.74, 6) is 0. The molecule has 0 aromatic rings. The van der Waals surface area contributed by atoms with Crippen LogP contribution in [0.25, 0.3) is 0 Å². The fourth-order valence-corrected chi connectivity index (χ4v) is 3.95. The van der Waals surface area contributed by atoms with E-state index >= 15 is 0 Å². The van der Waals surface area contributed by atoms with Gasteiger partial charge in [0.25, 0.3) is 0 Å². The molecule has 20 heavy (non-hydrogen) atoms. The van der Waals surface area contributed by atoms with E-state index in [1.165, 1.54) is 77.2 Å². The van der Waals surface area contributed by atoms with Gasteiger partial charge in [0.15, 0.2) is 0 Å². The van der Waals surface area contributed by atoms with E-state index in [2.05, 4.69) is 11.8 Å². The predicted molar refractivity (Wildman–Crippen MR) is 93.2 cm³/mol. The van der Waals surface area contributed by atoms with Crippen LogP contribution in [0.2, 0.25) is 0 Å². The molecule has 2 saturated carbocycles. The highest BCUT2D eigenvalue weighted by atomic mass is 35.5. The number of halogens is 2. The third-order valence-corrected chi connectivity index (χ3v) is 5.02. The predicted octanol–water partition coefficient (Wildman–Crippen LogP) is 4.53. The van der Waals surface area contributed by atoms with Crippen LogP contribution < -0.4 is 5.73 Å². The third-order valence-electron chi connectivity index (χ3n) is 5.02. The Balaban J connectivity index is 0.00000180. The fraction of sp³-hybridized carbons (Fsp3) is 1.00. The third kappa shape index (κ3) is 5.71. The zero-order chi connectivity index (χ0) is 12.8. The average molecular weight is 325 g/mol. The van der Waals surface area contributed by atoms with E-state index in [0.717, 1.165) is 6.04 Å². The molecule has 2 rings (SSSR count). The number of rotatable bonds is 6. The summed E-state index contributed by atoms with van der Waals surface area (Å²) >= 11 is 0. The summed E-state index contributed by atoms with van der Waals surface area (Å²) in [7, 11) is 0. The van der Waals surface area contributed by atoms with Crippen LogP contribution >= 0.6 is 24.8 Å². The Labute approximate surface area is 138 Å². The first-order chi connectivity index (χ1) is 8.83. The fourth-order valence-electron chi connectivity index (χ4n) is 3.95. The number of unbranched alkanes of at least 4 members (excludes halogenated alkanes) is 2. The smallest absolute Gasteiger partial charge is 0.0250 e. The molecule has 4 heteroatoms. The van der Waals surface area contributed by atoms with Crippen LogP contribution in [-0.4, -0.2) is 29.6 Å². The summed E-state index contributed by atoms with van der Waals surface area (Å²) in [5, 5.41) is 0. The van der Waals surface area contributed by atoms with E-state index in [1.54, 1.807) is 0 Å². The second-order valence-corrected chi connectivity index (χ2v) is 6.40. The van der Waals surface area contributed by atoms with Crippen LogP contribution in [0.15, 0.2) is 0 Å². The van der Waals surface area contributed by atoms with E-state index in [0.29, 0.717) is 12.1 Å². The summed E-state index contributed by atoms with van der Waals surface area (Å²) in [4.78, 5) is 2.83. The van der Waals surface area contributed by atoms with Crippen molar-refractivity contribution >= 4 is 24.8 Å². The Kier molecular flexibility index (Phi) is 11.4. The average Bonchev–Trinajstić information content (AvgIpc) is 2.90. The SMILES string of the molecule is CCCCCN(C1CCCC1)[C@H]1CCCC[C@@H]1N.Cl.Cl. The Bertz CT molecular complexity index is 233. The van der Waals surface area contributed by atoms with Gasteiger partial charge in [-0.25, -0.2) is 0 Å². The van der Waals surface area contributed by atoms with Crippen molar-refractivity contribution < 1.29 is 0 Å². The topological polar surface area (TPSA) is 29.3 Å². The van der Waals surface area contributed by atoms with Gasteiger partial charge >= 0.3 is 0 Å². The molecule has 0 unspecified atom stereocenters. The van der Waals surface area contributed by atoms with Crippen molar-refractivity contribution in [1.29, 1.82) is 0 Å². The first-order valence-corrected chi connectivity index (χ1v) is 8.34. The summed E-state index contributed by atoms with van der Waals surface area (Å²) < 4.78 is 0. The molecule has 0 bridgehead atoms. The Morgan fingerprint density at radius 3 is 2.10 bits per heavy atom. The summed E-state index contributed by atoms with van der Waals surface area (Å²) in [6.07, 6.45) is 15.2. The highest BCUT2D eigenvalue weighted by Gasteiger charge is 2.32. The van der Waals surface area contributed by atoms with Crippen molar-refractivity contribution in [3.05, 3.63) is 0 Å². The summed E-state index contributed by atoms with van der Waals surface area (Å²) in [5.41, 5.74) is 6.41. The van der Waals surface area contributed by atoms with Gasteiger partial charge in [-0.2, -0.15) is 0 Å². The molecule has 0 amide bonds. The van der Waals surface area contributed by atoms with Crippen LogP contribution in [0.1, 0.15) is 77.6 Å². The van der Waals surface area contributed by atoms with Gasteiger partial charge in [0.2, 0.25) is 0 Å². The van der Waals surface area contributed by atoms with Crippen molar-refractivity contribution in [2.24, 2.45) is 5.73 Å². The molecule has 0 aromatic heterocycles. The van der Waals surface area contributed by atoms with Gasteiger partial charge in [-0.1, -0.05) is 45.4 Å². The molecule has 0 heterocycles. The van der Waals surface area contributed by atoms with Crippen LogP contribution in [0, 0.1) is 0 Å². The van der Waals surface area contributed by atoms with Gasteiger partial charge in [-0.05, 0) is 38.6 Å². The lowest BCUT2D eigenvalue weighted by Crippen LogP contribution is -2.53. The zero-order valence-electron chi connectivity index (χ0n) is 13.1. The molecule has 2 aliphatic rings. The van der Waals surface area contributed by atoms with Crippen molar-refractivity contribution in [3.8, 4) is 0 Å².